The SMILES string of the molecule is OCCN(C1=NCCN1)c1c(Cl)cccc1Cl. The van der Waals surface area contributed by atoms with Gasteiger partial charge in [-0.15, -0.1) is 0 Å². The summed E-state index contributed by atoms with van der Waals surface area (Å²) in [5, 5.41) is 13.4. The number of nitrogens with zero attached hydrogens (tertiary/aromatic N) is 2. The Kier molecular flexibility index (Phi) is 4.10. The highest BCUT2D eigenvalue weighted by Gasteiger charge is 2.20. The van der Waals surface area contributed by atoms with E-state index in [1.165, 1.54) is 0 Å². The van der Waals surface area contributed by atoms with Crippen molar-refractivity contribution in [2.45, 2.75) is 0 Å². The van der Waals surface area contributed by atoms with Gasteiger partial charge in [0.2, 0.25) is 0 Å². The average molecular weight is 274 g/mol. The van der Waals surface area contributed by atoms with E-state index in [9.17, 15) is 0 Å². The number of aliphatic imine (C=N–C) groups is 1. The van der Waals surface area contributed by atoms with E-state index in [4.69, 9.17) is 28.3 Å². The predicted molar refractivity (Wildman–Crippen MR) is 71.2 cm³/mol. The molecule has 0 saturated carbocycles. The Morgan fingerprint density at radius 3 is 2.59 bits per heavy atom. The van der Waals surface area contributed by atoms with E-state index >= 15 is 0 Å². The molecule has 0 aromatic heterocycles. The molecule has 0 spiro atoms. The Balaban J connectivity index is 2.38. The Morgan fingerprint density at radius 2 is 2.06 bits per heavy atom. The molecule has 0 atom stereocenters. The molecule has 1 aromatic rings. The maximum atomic E-state index is 9.13. The molecule has 0 unspecified atom stereocenters. The summed E-state index contributed by atoms with van der Waals surface area (Å²) in [6.45, 7) is 1.91. The number of aliphatic hydroxyl groups excluding tert-OH is 1. The minimum Gasteiger partial charge on any atom is -0.395 e. The molecule has 4 nitrogen and oxygen atoms in total. The largest absolute Gasteiger partial charge is 0.395 e. The fraction of sp³-hybridized carbons (Fsp3) is 0.364. The maximum Gasteiger partial charge on any atom is 0.198 e. The number of aliphatic hydroxyl groups is 1. The number of hydrogen-bond acceptors (Lipinski definition) is 4. The third-order valence-electron chi connectivity index (χ3n) is 2.44. The highest BCUT2D eigenvalue weighted by atomic mass is 35.5. The first kappa shape index (κ1) is 12.5. The van der Waals surface area contributed by atoms with E-state index < -0.39 is 0 Å². The van der Waals surface area contributed by atoms with Crippen LogP contribution in [0.15, 0.2) is 23.2 Å². The standard InChI is InChI=1S/C11H13Cl2N3O/c12-8-2-1-3-9(13)10(8)16(6-7-17)11-14-4-5-15-11/h1-3,17H,4-7H2,(H,14,15). The lowest BCUT2D eigenvalue weighted by Gasteiger charge is -2.25. The number of hydrogen-bond donors (Lipinski definition) is 2. The van der Waals surface area contributed by atoms with Crippen molar-refractivity contribution in [2.75, 3.05) is 31.1 Å². The molecule has 1 aliphatic rings. The van der Waals surface area contributed by atoms with Crippen LogP contribution in [-0.4, -0.2) is 37.3 Å². The quantitative estimate of drug-likeness (QED) is 0.882. The normalized spacial score (nSPS) is 14.4. The van der Waals surface area contributed by atoms with Crippen molar-refractivity contribution in [3.05, 3.63) is 28.2 Å². The summed E-state index contributed by atoms with van der Waals surface area (Å²) >= 11 is 12.3. The Labute approximate surface area is 110 Å². The predicted octanol–water partition coefficient (Wildman–Crippen LogP) is 1.75. The molecule has 0 amide bonds. The fourth-order valence-electron chi connectivity index (χ4n) is 1.74. The highest BCUT2D eigenvalue weighted by molar-refractivity contribution is 6.40. The van der Waals surface area contributed by atoms with E-state index in [1.54, 1.807) is 23.1 Å². The van der Waals surface area contributed by atoms with Gasteiger partial charge in [0, 0.05) is 13.1 Å². The van der Waals surface area contributed by atoms with Crippen molar-refractivity contribution in [2.24, 2.45) is 4.99 Å². The maximum absolute atomic E-state index is 9.13. The molecular weight excluding hydrogens is 261 g/mol. The molecule has 1 aliphatic heterocycles. The van der Waals surface area contributed by atoms with Crippen molar-refractivity contribution in [3.8, 4) is 0 Å². The van der Waals surface area contributed by atoms with Crippen molar-refractivity contribution < 1.29 is 5.11 Å². The number of rotatable bonds is 3. The van der Waals surface area contributed by atoms with Gasteiger partial charge in [0.15, 0.2) is 5.96 Å². The minimum absolute atomic E-state index is 0.00223. The third-order valence-corrected chi connectivity index (χ3v) is 3.05. The smallest absolute Gasteiger partial charge is 0.198 e. The van der Waals surface area contributed by atoms with Crippen LogP contribution in [0.1, 0.15) is 0 Å². The molecule has 0 bridgehead atoms. The molecule has 92 valence electrons. The molecule has 0 saturated heterocycles. The van der Waals surface area contributed by atoms with Gasteiger partial charge >= 0.3 is 0 Å². The van der Waals surface area contributed by atoms with Crippen LogP contribution in [0.25, 0.3) is 0 Å². The van der Waals surface area contributed by atoms with Crippen LogP contribution in [0.5, 0.6) is 0 Å². The average Bonchev–Trinajstić information content (AvgIpc) is 2.80. The van der Waals surface area contributed by atoms with Crippen molar-refractivity contribution >= 4 is 34.8 Å². The number of anilines is 1. The third kappa shape index (κ3) is 2.65. The second kappa shape index (κ2) is 5.58. The molecule has 2 rings (SSSR count). The first-order valence-electron chi connectivity index (χ1n) is 5.35. The number of guanidine groups is 1. The van der Waals surface area contributed by atoms with Gasteiger partial charge in [-0.2, -0.15) is 0 Å². The summed E-state index contributed by atoms with van der Waals surface area (Å²) in [7, 11) is 0. The van der Waals surface area contributed by atoms with Gasteiger partial charge in [-0.25, -0.2) is 0 Å². The van der Waals surface area contributed by atoms with Crippen molar-refractivity contribution in [1.82, 2.24) is 5.32 Å². The molecule has 6 heteroatoms. The van der Waals surface area contributed by atoms with Gasteiger partial charge in [-0.3, -0.25) is 4.99 Å². The van der Waals surface area contributed by atoms with Crippen LogP contribution >= 0.6 is 23.2 Å². The monoisotopic (exact) mass is 273 g/mol. The van der Waals surface area contributed by atoms with Gasteiger partial charge in [0.05, 0.1) is 28.9 Å². The number of nitrogens with one attached hydrogen (secondary N) is 1. The van der Waals surface area contributed by atoms with Crippen LogP contribution in [-0.2, 0) is 0 Å². The molecule has 0 aliphatic carbocycles. The molecular formula is C11H13Cl2N3O. The lowest BCUT2D eigenvalue weighted by atomic mass is 10.3. The second-order valence-electron chi connectivity index (χ2n) is 3.58. The summed E-state index contributed by atoms with van der Waals surface area (Å²) in [5.74, 6) is 0.703. The summed E-state index contributed by atoms with van der Waals surface area (Å²) in [5.41, 5.74) is 0.679. The van der Waals surface area contributed by atoms with E-state index in [0.29, 0.717) is 28.2 Å². The van der Waals surface area contributed by atoms with Gasteiger partial charge in [0.25, 0.3) is 0 Å². The number of para-hydroxylation sites is 1. The van der Waals surface area contributed by atoms with Crippen LogP contribution in [0.3, 0.4) is 0 Å². The van der Waals surface area contributed by atoms with E-state index in [-0.39, 0.29) is 6.61 Å². The number of halogens is 2. The molecule has 0 radical (unpaired) electrons. The van der Waals surface area contributed by atoms with Crippen LogP contribution in [0, 0.1) is 0 Å². The topological polar surface area (TPSA) is 47.9 Å². The van der Waals surface area contributed by atoms with Gasteiger partial charge < -0.3 is 15.3 Å². The summed E-state index contributed by atoms with van der Waals surface area (Å²) in [6, 6.07) is 5.32. The lowest BCUT2D eigenvalue weighted by Crippen LogP contribution is -2.40. The Bertz CT molecular complexity index is 416. The fourth-order valence-corrected chi connectivity index (χ4v) is 2.34. The molecule has 17 heavy (non-hydrogen) atoms. The van der Waals surface area contributed by atoms with Crippen LogP contribution in [0.2, 0.25) is 10.0 Å². The highest BCUT2D eigenvalue weighted by Crippen LogP contribution is 2.33. The molecule has 2 N–H and O–H groups in total. The Hall–Kier alpha value is -0.970. The van der Waals surface area contributed by atoms with Gasteiger partial charge in [-0.1, -0.05) is 29.3 Å². The first-order valence-corrected chi connectivity index (χ1v) is 6.10. The van der Waals surface area contributed by atoms with Crippen molar-refractivity contribution in [3.63, 3.8) is 0 Å². The summed E-state index contributed by atoms with van der Waals surface area (Å²) in [6.07, 6.45) is 0. The zero-order valence-corrected chi connectivity index (χ0v) is 10.7. The lowest BCUT2D eigenvalue weighted by molar-refractivity contribution is 0.306. The Morgan fingerprint density at radius 1 is 1.35 bits per heavy atom. The van der Waals surface area contributed by atoms with E-state index in [2.05, 4.69) is 10.3 Å². The minimum atomic E-state index is 0.00223. The zero-order chi connectivity index (χ0) is 12.3. The number of benzene rings is 1. The first-order chi connectivity index (χ1) is 8.24. The van der Waals surface area contributed by atoms with Gasteiger partial charge in [-0.05, 0) is 12.1 Å². The van der Waals surface area contributed by atoms with Crippen LogP contribution < -0.4 is 10.2 Å². The molecule has 1 heterocycles. The molecule has 1 aromatic carbocycles. The summed E-state index contributed by atoms with van der Waals surface area (Å²) in [4.78, 5) is 6.12. The second-order valence-corrected chi connectivity index (χ2v) is 4.39. The zero-order valence-electron chi connectivity index (χ0n) is 9.16. The van der Waals surface area contributed by atoms with Gasteiger partial charge in [0.1, 0.15) is 0 Å². The van der Waals surface area contributed by atoms with E-state index in [0.717, 1.165) is 13.1 Å². The van der Waals surface area contributed by atoms with E-state index in [1.807, 2.05) is 0 Å². The van der Waals surface area contributed by atoms with Crippen molar-refractivity contribution in [1.29, 1.82) is 0 Å². The van der Waals surface area contributed by atoms with Crippen LogP contribution in [0.4, 0.5) is 5.69 Å². The summed E-state index contributed by atoms with van der Waals surface area (Å²) < 4.78 is 0. The molecule has 0 fully saturated rings.